The maximum atomic E-state index is 4.65. The first-order valence-electron chi connectivity index (χ1n) is 6.65. The lowest BCUT2D eigenvalue weighted by atomic mass is 10.2. The van der Waals surface area contributed by atoms with Crippen LogP contribution in [0, 0.1) is 20.8 Å². The first-order valence-corrected chi connectivity index (χ1v) is 7.46. The van der Waals surface area contributed by atoms with Crippen LogP contribution in [-0.2, 0) is 13.1 Å². The van der Waals surface area contributed by atoms with Gasteiger partial charge in [0.1, 0.15) is 0 Å². The number of rotatable bonds is 5. The summed E-state index contributed by atoms with van der Waals surface area (Å²) in [5, 5.41) is 9.22. The zero-order chi connectivity index (χ0) is 14.0. The first-order chi connectivity index (χ1) is 8.97. The lowest BCUT2D eigenvalue weighted by molar-refractivity contribution is 0.584. The van der Waals surface area contributed by atoms with Crippen LogP contribution in [-0.4, -0.2) is 20.8 Å². The van der Waals surface area contributed by atoms with E-state index >= 15 is 0 Å². The topological polar surface area (TPSA) is 42.7 Å². The van der Waals surface area contributed by atoms with Gasteiger partial charge in [0.2, 0.25) is 0 Å². The van der Waals surface area contributed by atoms with Crippen LogP contribution in [0.5, 0.6) is 0 Å². The number of hydrogen-bond acceptors (Lipinski definition) is 4. The second-order valence-electron chi connectivity index (χ2n) is 5.19. The van der Waals surface area contributed by atoms with Crippen molar-refractivity contribution < 1.29 is 0 Å². The highest BCUT2D eigenvalue weighted by molar-refractivity contribution is 7.11. The van der Waals surface area contributed by atoms with E-state index < -0.39 is 0 Å². The van der Waals surface area contributed by atoms with Crippen molar-refractivity contribution in [3.63, 3.8) is 0 Å². The molecule has 2 aromatic heterocycles. The van der Waals surface area contributed by atoms with Gasteiger partial charge in [0, 0.05) is 34.9 Å². The van der Waals surface area contributed by atoms with E-state index in [-0.39, 0.29) is 0 Å². The van der Waals surface area contributed by atoms with Gasteiger partial charge in [-0.15, -0.1) is 11.3 Å². The normalized spacial score (nSPS) is 11.5. The Morgan fingerprint density at radius 3 is 2.63 bits per heavy atom. The molecule has 0 aliphatic heterocycles. The van der Waals surface area contributed by atoms with E-state index in [1.54, 1.807) is 11.3 Å². The van der Waals surface area contributed by atoms with Crippen LogP contribution in [0.1, 0.15) is 40.7 Å². The van der Waals surface area contributed by atoms with E-state index in [4.69, 9.17) is 0 Å². The molecule has 0 aromatic carbocycles. The monoisotopic (exact) mass is 278 g/mol. The molecule has 0 spiro atoms. The fraction of sp³-hybridized carbons (Fsp3) is 0.571. The highest BCUT2D eigenvalue weighted by Gasteiger charge is 2.12. The largest absolute Gasteiger partial charge is 0.310 e. The fourth-order valence-corrected chi connectivity index (χ4v) is 2.85. The van der Waals surface area contributed by atoms with E-state index in [1.807, 2.05) is 13.1 Å². The van der Waals surface area contributed by atoms with Gasteiger partial charge in [0.15, 0.2) is 0 Å². The van der Waals surface area contributed by atoms with Crippen molar-refractivity contribution >= 4 is 11.3 Å². The molecule has 104 valence electrons. The minimum absolute atomic E-state index is 0.492. The third-order valence-electron chi connectivity index (χ3n) is 3.19. The molecule has 2 heterocycles. The highest BCUT2D eigenvalue weighted by atomic mass is 32.1. The quantitative estimate of drug-likeness (QED) is 0.914. The number of hydrogen-bond donors (Lipinski definition) is 1. The number of nitrogens with zero attached hydrogens (tertiary/aromatic N) is 3. The van der Waals surface area contributed by atoms with Crippen molar-refractivity contribution in [2.24, 2.45) is 0 Å². The number of thiazole rings is 1. The SMILES string of the molecule is Cc1ncc(Cn2nc(C)c(CNC(C)C)c2C)s1. The second-order valence-corrected chi connectivity index (χ2v) is 6.51. The van der Waals surface area contributed by atoms with Crippen LogP contribution in [0.3, 0.4) is 0 Å². The van der Waals surface area contributed by atoms with Gasteiger partial charge in [0.05, 0.1) is 17.2 Å². The van der Waals surface area contributed by atoms with Gasteiger partial charge in [-0.3, -0.25) is 4.68 Å². The molecule has 0 atom stereocenters. The maximum absolute atomic E-state index is 4.65. The van der Waals surface area contributed by atoms with Gasteiger partial charge in [0.25, 0.3) is 0 Å². The summed E-state index contributed by atoms with van der Waals surface area (Å²) in [5.41, 5.74) is 3.68. The zero-order valence-electron chi connectivity index (χ0n) is 12.3. The molecule has 0 aliphatic rings. The predicted octanol–water partition coefficient (Wildman–Crippen LogP) is 2.81. The summed E-state index contributed by atoms with van der Waals surface area (Å²) in [6, 6.07) is 0.492. The third kappa shape index (κ3) is 3.42. The van der Waals surface area contributed by atoms with Crippen LogP contribution in [0.2, 0.25) is 0 Å². The van der Waals surface area contributed by atoms with E-state index in [0.29, 0.717) is 6.04 Å². The first kappa shape index (κ1) is 14.2. The molecule has 0 aliphatic carbocycles. The molecular formula is C14H22N4S. The fourth-order valence-electron chi connectivity index (χ4n) is 2.08. The lowest BCUT2D eigenvalue weighted by Gasteiger charge is -2.08. The molecule has 0 fully saturated rings. The van der Waals surface area contributed by atoms with E-state index in [2.05, 4.69) is 47.8 Å². The van der Waals surface area contributed by atoms with E-state index in [1.165, 1.54) is 16.1 Å². The molecule has 0 amide bonds. The highest BCUT2D eigenvalue weighted by Crippen LogP contribution is 2.17. The molecule has 0 unspecified atom stereocenters. The van der Waals surface area contributed by atoms with Gasteiger partial charge >= 0.3 is 0 Å². The summed E-state index contributed by atoms with van der Waals surface area (Å²) in [6.07, 6.45) is 1.95. The Hall–Kier alpha value is -1.20. The van der Waals surface area contributed by atoms with Crippen LogP contribution < -0.4 is 5.32 Å². The van der Waals surface area contributed by atoms with Crippen LogP contribution in [0.15, 0.2) is 6.20 Å². The standard InChI is InChI=1S/C14H22N4S/c1-9(2)15-7-14-10(3)17-18(11(14)4)8-13-6-16-12(5)19-13/h6,9,15H,7-8H2,1-5H3. The van der Waals surface area contributed by atoms with Crippen molar-refractivity contribution in [2.45, 2.75) is 53.8 Å². The Morgan fingerprint density at radius 2 is 2.05 bits per heavy atom. The molecular weight excluding hydrogens is 256 g/mol. The van der Waals surface area contributed by atoms with Gasteiger partial charge in [-0.2, -0.15) is 5.10 Å². The average Bonchev–Trinajstić information content (AvgIpc) is 2.83. The summed E-state index contributed by atoms with van der Waals surface area (Å²) in [7, 11) is 0. The van der Waals surface area contributed by atoms with Gasteiger partial charge in [-0.05, 0) is 20.8 Å². The lowest BCUT2D eigenvalue weighted by Crippen LogP contribution is -2.22. The Kier molecular flexibility index (Phi) is 4.37. The summed E-state index contributed by atoms with van der Waals surface area (Å²) in [4.78, 5) is 5.55. The molecule has 19 heavy (non-hydrogen) atoms. The van der Waals surface area contributed by atoms with Gasteiger partial charge < -0.3 is 5.32 Å². The van der Waals surface area contributed by atoms with Crippen LogP contribution >= 0.6 is 11.3 Å². The zero-order valence-corrected chi connectivity index (χ0v) is 13.1. The summed E-state index contributed by atoms with van der Waals surface area (Å²) in [5.74, 6) is 0. The molecule has 1 N–H and O–H groups in total. The minimum atomic E-state index is 0.492. The molecule has 5 heteroatoms. The summed E-state index contributed by atoms with van der Waals surface area (Å²) < 4.78 is 2.08. The molecule has 0 bridgehead atoms. The van der Waals surface area contributed by atoms with Crippen molar-refractivity contribution in [2.75, 3.05) is 0 Å². The third-order valence-corrected chi connectivity index (χ3v) is 4.09. The minimum Gasteiger partial charge on any atom is -0.310 e. The number of aromatic nitrogens is 3. The van der Waals surface area contributed by atoms with Crippen molar-refractivity contribution in [3.05, 3.63) is 33.0 Å². The number of nitrogens with one attached hydrogen (secondary N) is 1. The van der Waals surface area contributed by atoms with Crippen LogP contribution in [0.4, 0.5) is 0 Å². The second kappa shape index (κ2) is 5.84. The molecule has 0 saturated carbocycles. The van der Waals surface area contributed by atoms with E-state index in [0.717, 1.165) is 23.8 Å². The molecule has 2 aromatic rings. The molecule has 2 rings (SSSR count). The van der Waals surface area contributed by atoms with Crippen molar-refractivity contribution in [3.8, 4) is 0 Å². The van der Waals surface area contributed by atoms with Crippen LogP contribution in [0.25, 0.3) is 0 Å². The number of aryl methyl sites for hydroxylation is 2. The maximum Gasteiger partial charge on any atom is 0.0897 e. The average molecular weight is 278 g/mol. The Morgan fingerprint density at radius 1 is 1.32 bits per heavy atom. The molecule has 4 nitrogen and oxygen atoms in total. The van der Waals surface area contributed by atoms with Crippen molar-refractivity contribution in [1.29, 1.82) is 0 Å². The Labute approximate surface area is 118 Å². The Bertz CT molecular complexity index is 554. The molecule has 0 saturated heterocycles. The van der Waals surface area contributed by atoms with Gasteiger partial charge in [-0.25, -0.2) is 4.98 Å². The summed E-state index contributed by atoms with van der Waals surface area (Å²) in [6.45, 7) is 12.3. The van der Waals surface area contributed by atoms with E-state index in [9.17, 15) is 0 Å². The molecule has 0 radical (unpaired) electrons. The van der Waals surface area contributed by atoms with Gasteiger partial charge in [-0.1, -0.05) is 13.8 Å². The predicted molar refractivity (Wildman–Crippen MR) is 79.6 cm³/mol. The Balaban J connectivity index is 2.16. The smallest absolute Gasteiger partial charge is 0.0897 e. The summed E-state index contributed by atoms with van der Waals surface area (Å²) >= 11 is 1.74. The van der Waals surface area contributed by atoms with Crippen molar-refractivity contribution in [1.82, 2.24) is 20.1 Å².